The molecule has 4 N–H and O–H groups in total. The first kappa shape index (κ1) is 21.6. The molecule has 3 atom stereocenters. The average molecular weight is 396 g/mol. The Morgan fingerprint density at radius 3 is 2.82 bits per heavy atom. The highest BCUT2D eigenvalue weighted by atomic mass is 16.7. The molecule has 0 bridgehead atoms. The van der Waals surface area contributed by atoms with Crippen LogP contribution in [0, 0.1) is 0 Å². The molecule has 1 saturated heterocycles. The van der Waals surface area contributed by atoms with Crippen molar-refractivity contribution < 1.29 is 38.8 Å². The molecule has 1 aromatic carbocycles. The van der Waals surface area contributed by atoms with E-state index in [2.05, 4.69) is 10.6 Å². The van der Waals surface area contributed by atoms with E-state index in [-0.39, 0.29) is 37.5 Å². The number of carbonyl (C=O) groups excluding carboxylic acids is 2. The van der Waals surface area contributed by atoms with Crippen LogP contribution in [0.1, 0.15) is 24.8 Å². The second kappa shape index (κ2) is 10.6. The van der Waals surface area contributed by atoms with Gasteiger partial charge in [0.25, 0.3) is 6.47 Å². The van der Waals surface area contributed by atoms with Crippen molar-refractivity contribution in [2.75, 3.05) is 18.9 Å². The molecular weight excluding hydrogens is 372 g/mol. The summed E-state index contributed by atoms with van der Waals surface area (Å²) in [6.45, 7) is 0.815. The molecule has 28 heavy (non-hydrogen) atoms. The van der Waals surface area contributed by atoms with Gasteiger partial charge in [-0.3, -0.25) is 9.59 Å². The van der Waals surface area contributed by atoms with Gasteiger partial charge in [0.15, 0.2) is 6.10 Å². The summed E-state index contributed by atoms with van der Waals surface area (Å²) in [4.78, 5) is 33.6. The number of hydrogen-bond donors (Lipinski definition) is 4. The van der Waals surface area contributed by atoms with E-state index in [4.69, 9.17) is 19.3 Å². The Morgan fingerprint density at radius 1 is 1.36 bits per heavy atom. The number of nitrogens with one attached hydrogen (secondary N) is 2. The van der Waals surface area contributed by atoms with E-state index in [1.807, 2.05) is 0 Å². The monoisotopic (exact) mass is 396 g/mol. The van der Waals surface area contributed by atoms with Gasteiger partial charge in [-0.2, -0.15) is 0 Å². The molecule has 0 saturated carbocycles. The minimum absolute atomic E-state index is 0.0168. The fourth-order valence-corrected chi connectivity index (χ4v) is 2.69. The van der Waals surface area contributed by atoms with Crippen molar-refractivity contribution in [3.8, 4) is 5.75 Å². The summed E-state index contributed by atoms with van der Waals surface area (Å²) in [6.07, 6.45) is -2.76. The minimum atomic E-state index is -1.19. The number of aliphatic hydroxyl groups is 1. The van der Waals surface area contributed by atoms with E-state index >= 15 is 0 Å². The highest BCUT2D eigenvalue weighted by molar-refractivity contribution is 5.92. The first-order chi connectivity index (χ1) is 13.4. The number of hydrogen-bond acceptors (Lipinski definition) is 8. The van der Waals surface area contributed by atoms with Crippen molar-refractivity contribution in [2.24, 2.45) is 0 Å². The van der Waals surface area contributed by atoms with Crippen LogP contribution in [0.4, 0.5) is 5.69 Å². The molecule has 10 nitrogen and oxygen atoms in total. The number of aliphatic carboxylic acids is 1. The fourth-order valence-electron chi connectivity index (χ4n) is 2.69. The summed E-state index contributed by atoms with van der Waals surface area (Å²) in [6, 6.07) is 4.78. The van der Waals surface area contributed by atoms with Gasteiger partial charge < -0.3 is 35.1 Å². The number of amides is 1. The van der Waals surface area contributed by atoms with Crippen LogP contribution >= 0.6 is 0 Å². The molecule has 0 aliphatic carbocycles. The first-order valence-corrected chi connectivity index (χ1v) is 8.78. The maximum Gasteiger partial charge on any atom is 0.333 e. The van der Waals surface area contributed by atoms with E-state index in [1.54, 1.807) is 25.2 Å². The number of carbonyl (C=O) groups is 3. The Kier molecular flexibility index (Phi) is 8.18. The summed E-state index contributed by atoms with van der Waals surface area (Å²) in [5.74, 6) is -1.20. The number of benzene rings is 1. The Balaban J connectivity index is 2.17. The summed E-state index contributed by atoms with van der Waals surface area (Å²) >= 11 is 0. The molecule has 1 amide bonds. The maximum atomic E-state index is 12.1. The predicted molar refractivity (Wildman–Crippen MR) is 96.6 cm³/mol. The number of anilines is 1. The van der Waals surface area contributed by atoms with Gasteiger partial charge in [0, 0.05) is 25.8 Å². The van der Waals surface area contributed by atoms with E-state index < -0.39 is 24.5 Å². The van der Waals surface area contributed by atoms with Crippen LogP contribution in [0.15, 0.2) is 18.2 Å². The zero-order chi connectivity index (χ0) is 20.5. The van der Waals surface area contributed by atoms with Crippen LogP contribution in [-0.2, 0) is 30.5 Å². The van der Waals surface area contributed by atoms with Gasteiger partial charge in [0.05, 0.1) is 11.8 Å². The number of aliphatic hydroxyl groups excluding tert-OH is 1. The first-order valence-electron chi connectivity index (χ1n) is 8.78. The van der Waals surface area contributed by atoms with Crippen LogP contribution in [0.25, 0.3) is 0 Å². The third kappa shape index (κ3) is 6.48. The lowest BCUT2D eigenvalue weighted by Gasteiger charge is -2.31. The Morgan fingerprint density at radius 2 is 2.14 bits per heavy atom. The zero-order valence-electron chi connectivity index (χ0n) is 15.4. The SMILES string of the molecule is CNCCC(=O)Nc1cc(COC=O)ccc1OC1CC(O)CC(C(=O)O)O1. The van der Waals surface area contributed by atoms with Crippen molar-refractivity contribution in [3.63, 3.8) is 0 Å². The van der Waals surface area contributed by atoms with Gasteiger partial charge in [-0.25, -0.2) is 4.79 Å². The molecule has 10 heteroatoms. The Labute approximate surface area is 161 Å². The summed E-state index contributed by atoms with van der Waals surface area (Å²) < 4.78 is 15.8. The van der Waals surface area contributed by atoms with Crippen molar-refractivity contribution >= 4 is 24.0 Å². The van der Waals surface area contributed by atoms with Crippen molar-refractivity contribution in [1.82, 2.24) is 5.32 Å². The number of carboxylic acid groups (broad SMARTS) is 1. The Hall–Kier alpha value is -2.69. The number of ether oxygens (including phenoxy) is 3. The van der Waals surface area contributed by atoms with Gasteiger partial charge in [-0.1, -0.05) is 6.07 Å². The third-order valence-electron chi connectivity index (χ3n) is 4.04. The van der Waals surface area contributed by atoms with Crippen LogP contribution in [-0.4, -0.2) is 60.7 Å². The summed E-state index contributed by atoms with van der Waals surface area (Å²) in [5, 5.41) is 24.6. The normalized spacial score (nSPS) is 21.6. The van der Waals surface area contributed by atoms with Crippen LogP contribution in [0.2, 0.25) is 0 Å². The second-order valence-corrected chi connectivity index (χ2v) is 6.28. The molecular formula is C18H24N2O8. The molecule has 0 aromatic heterocycles. The zero-order valence-corrected chi connectivity index (χ0v) is 15.4. The quantitative estimate of drug-likeness (QED) is 0.409. The Bertz CT molecular complexity index is 696. The van der Waals surface area contributed by atoms with Crippen molar-refractivity contribution in [2.45, 2.75) is 44.4 Å². The van der Waals surface area contributed by atoms with E-state index in [0.717, 1.165) is 0 Å². The van der Waals surface area contributed by atoms with Gasteiger partial charge in [-0.15, -0.1) is 0 Å². The highest BCUT2D eigenvalue weighted by Crippen LogP contribution is 2.30. The molecule has 0 radical (unpaired) electrons. The predicted octanol–water partition coefficient (Wildman–Crippen LogP) is 0.237. The number of rotatable bonds is 10. The lowest BCUT2D eigenvalue weighted by molar-refractivity contribution is -0.195. The van der Waals surface area contributed by atoms with Gasteiger partial charge in [-0.05, 0) is 24.7 Å². The molecule has 2 rings (SSSR count). The lowest BCUT2D eigenvalue weighted by Crippen LogP contribution is -2.42. The maximum absolute atomic E-state index is 12.1. The van der Waals surface area contributed by atoms with Gasteiger partial charge in [0.2, 0.25) is 12.2 Å². The van der Waals surface area contributed by atoms with E-state index in [1.165, 1.54) is 0 Å². The largest absolute Gasteiger partial charge is 0.479 e. The highest BCUT2D eigenvalue weighted by Gasteiger charge is 2.34. The minimum Gasteiger partial charge on any atom is -0.479 e. The molecule has 1 fully saturated rings. The third-order valence-corrected chi connectivity index (χ3v) is 4.04. The summed E-state index contributed by atoms with van der Waals surface area (Å²) in [5.41, 5.74) is 0.944. The lowest BCUT2D eigenvalue weighted by atomic mass is 10.1. The van der Waals surface area contributed by atoms with Crippen LogP contribution in [0.3, 0.4) is 0 Å². The molecule has 0 spiro atoms. The molecule has 1 heterocycles. The molecule has 1 aliphatic heterocycles. The standard InChI is InChI=1S/C18H24N2O8/c1-19-5-4-16(23)20-13-6-11(9-26-10-21)2-3-14(13)27-17-8-12(22)7-15(28-17)18(24)25/h2-3,6,10,12,15,17,19,22H,4-5,7-9H2,1H3,(H,20,23)(H,24,25). The van der Waals surface area contributed by atoms with Gasteiger partial charge >= 0.3 is 5.97 Å². The molecule has 154 valence electrons. The van der Waals surface area contributed by atoms with E-state index in [9.17, 15) is 19.5 Å². The van der Waals surface area contributed by atoms with Crippen LogP contribution < -0.4 is 15.4 Å². The van der Waals surface area contributed by atoms with Gasteiger partial charge in [0.1, 0.15) is 12.4 Å². The molecule has 1 aliphatic rings. The van der Waals surface area contributed by atoms with E-state index in [0.29, 0.717) is 24.3 Å². The van der Waals surface area contributed by atoms with Crippen molar-refractivity contribution in [3.05, 3.63) is 23.8 Å². The fraction of sp³-hybridized carbons (Fsp3) is 0.500. The molecule has 1 aromatic rings. The number of carboxylic acids is 1. The average Bonchev–Trinajstić information content (AvgIpc) is 2.66. The van der Waals surface area contributed by atoms with Crippen molar-refractivity contribution in [1.29, 1.82) is 0 Å². The van der Waals surface area contributed by atoms with Crippen LogP contribution in [0.5, 0.6) is 5.75 Å². The smallest absolute Gasteiger partial charge is 0.333 e. The topological polar surface area (TPSA) is 143 Å². The molecule has 3 unspecified atom stereocenters. The second-order valence-electron chi connectivity index (χ2n) is 6.28. The summed E-state index contributed by atoms with van der Waals surface area (Å²) in [7, 11) is 1.73.